The molecule has 0 bridgehead atoms. The van der Waals surface area contributed by atoms with Crippen molar-refractivity contribution in [3.63, 3.8) is 0 Å². The number of anilines is 1. The van der Waals surface area contributed by atoms with Gasteiger partial charge in [0.25, 0.3) is 0 Å². The van der Waals surface area contributed by atoms with Crippen LogP contribution in [-0.2, 0) is 34.3 Å². The van der Waals surface area contributed by atoms with Gasteiger partial charge in [0.05, 0.1) is 35.7 Å². The highest BCUT2D eigenvalue weighted by atomic mass is 32.2. The van der Waals surface area contributed by atoms with Crippen molar-refractivity contribution < 1.29 is 13.2 Å². The van der Waals surface area contributed by atoms with E-state index in [1.54, 1.807) is 12.1 Å². The molecule has 0 atom stereocenters. The van der Waals surface area contributed by atoms with Crippen LogP contribution in [0.3, 0.4) is 0 Å². The van der Waals surface area contributed by atoms with Gasteiger partial charge in [0.2, 0.25) is 10.0 Å². The fraction of sp³-hybridized carbons (Fsp3) is 0.435. The first kappa shape index (κ1) is 20.5. The lowest BCUT2D eigenvalue weighted by Crippen LogP contribution is -2.40. The average molecular weight is 441 g/mol. The predicted molar refractivity (Wildman–Crippen MR) is 121 cm³/mol. The lowest BCUT2D eigenvalue weighted by molar-refractivity contribution is 0.0730. The van der Waals surface area contributed by atoms with Crippen LogP contribution >= 0.6 is 0 Å². The van der Waals surface area contributed by atoms with Crippen molar-refractivity contribution in [1.82, 2.24) is 13.9 Å². The van der Waals surface area contributed by atoms with E-state index >= 15 is 0 Å². The van der Waals surface area contributed by atoms with Crippen molar-refractivity contribution in [2.75, 3.05) is 37.7 Å². The van der Waals surface area contributed by atoms with Crippen LogP contribution < -0.4 is 4.90 Å². The molecule has 0 N–H and O–H groups in total. The number of fused-ring (bicyclic) bond motifs is 2. The molecule has 164 valence electrons. The van der Waals surface area contributed by atoms with Crippen LogP contribution in [0.1, 0.15) is 24.7 Å². The Kier molecular flexibility index (Phi) is 5.45. The fourth-order valence-corrected chi connectivity index (χ4v) is 6.10. The molecule has 2 aliphatic heterocycles. The van der Waals surface area contributed by atoms with E-state index in [0.29, 0.717) is 37.7 Å². The zero-order chi connectivity index (χ0) is 21.4. The minimum Gasteiger partial charge on any atom is -0.379 e. The van der Waals surface area contributed by atoms with Crippen molar-refractivity contribution >= 4 is 26.7 Å². The maximum absolute atomic E-state index is 13.1. The summed E-state index contributed by atoms with van der Waals surface area (Å²) in [6.07, 6.45) is 2.24. The summed E-state index contributed by atoms with van der Waals surface area (Å²) in [6.45, 7) is 6.27. The number of rotatable bonds is 5. The second kappa shape index (κ2) is 8.26. The third-order valence-corrected chi connectivity index (χ3v) is 8.16. The summed E-state index contributed by atoms with van der Waals surface area (Å²) >= 11 is 0. The molecule has 3 heterocycles. The number of hydrogen-bond acceptors (Lipinski definition) is 5. The number of morpholine rings is 1. The van der Waals surface area contributed by atoms with Crippen LogP contribution in [0.15, 0.2) is 47.4 Å². The number of hydrogen-bond donors (Lipinski definition) is 0. The zero-order valence-electron chi connectivity index (χ0n) is 17.8. The molecule has 0 amide bonds. The summed E-state index contributed by atoms with van der Waals surface area (Å²) in [5.74, 6) is 0.968. The number of nitrogens with zero attached hydrogens (tertiary/aromatic N) is 4. The minimum absolute atomic E-state index is 0.303. The van der Waals surface area contributed by atoms with E-state index in [4.69, 9.17) is 9.72 Å². The van der Waals surface area contributed by atoms with E-state index in [-0.39, 0.29) is 0 Å². The van der Waals surface area contributed by atoms with Gasteiger partial charge in [-0.15, -0.1) is 0 Å². The summed E-state index contributed by atoms with van der Waals surface area (Å²) in [4.78, 5) is 7.57. The van der Waals surface area contributed by atoms with Gasteiger partial charge in [-0.2, -0.15) is 4.31 Å². The molecule has 1 saturated heterocycles. The summed E-state index contributed by atoms with van der Waals surface area (Å²) < 4.78 is 35.1. The van der Waals surface area contributed by atoms with Gasteiger partial charge >= 0.3 is 0 Å². The number of aromatic nitrogens is 2. The third-order valence-electron chi connectivity index (χ3n) is 6.26. The standard InChI is InChI=1S/C23H28N4O3S/c1-2-27-22-10-9-19(31(28,29)26-12-14-30-15-13-26)16-20(22)24-23(27)17-25-11-5-7-18-6-3-4-8-21(18)25/h3-4,6,8-10,16H,2,5,7,11-15,17H2,1H3. The highest BCUT2D eigenvalue weighted by molar-refractivity contribution is 7.89. The Morgan fingerprint density at radius 2 is 1.87 bits per heavy atom. The van der Waals surface area contributed by atoms with Crippen LogP contribution in [0.4, 0.5) is 5.69 Å². The first-order valence-corrected chi connectivity index (χ1v) is 12.4. The van der Waals surface area contributed by atoms with Gasteiger partial charge in [0.1, 0.15) is 5.82 Å². The second-order valence-corrected chi connectivity index (χ2v) is 10.0. The van der Waals surface area contributed by atoms with Gasteiger partial charge in [-0.05, 0) is 49.6 Å². The molecule has 0 unspecified atom stereocenters. The Morgan fingerprint density at radius 3 is 2.68 bits per heavy atom. The number of sulfonamides is 1. The first-order chi connectivity index (χ1) is 15.1. The molecule has 0 aliphatic carbocycles. The molecule has 7 nitrogen and oxygen atoms in total. The minimum atomic E-state index is -3.54. The van der Waals surface area contributed by atoms with Gasteiger partial charge in [-0.1, -0.05) is 18.2 Å². The smallest absolute Gasteiger partial charge is 0.243 e. The molecule has 1 fully saturated rings. The number of para-hydroxylation sites is 1. The summed E-state index contributed by atoms with van der Waals surface area (Å²) in [5, 5.41) is 0. The number of ether oxygens (including phenoxy) is 1. The van der Waals surface area contributed by atoms with Crippen molar-refractivity contribution in [1.29, 1.82) is 0 Å². The summed E-state index contributed by atoms with van der Waals surface area (Å²) in [6, 6.07) is 13.9. The maximum Gasteiger partial charge on any atom is 0.243 e. The average Bonchev–Trinajstić information content (AvgIpc) is 3.16. The number of imidazole rings is 1. The lowest BCUT2D eigenvalue weighted by atomic mass is 10.0. The quantitative estimate of drug-likeness (QED) is 0.610. The van der Waals surface area contributed by atoms with Crippen LogP contribution in [0, 0.1) is 0 Å². The summed E-state index contributed by atoms with van der Waals surface area (Å²) in [7, 11) is -3.54. The van der Waals surface area contributed by atoms with E-state index in [2.05, 4.69) is 40.7 Å². The zero-order valence-corrected chi connectivity index (χ0v) is 18.6. The molecular formula is C23H28N4O3S. The van der Waals surface area contributed by atoms with Crippen molar-refractivity contribution in [3.05, 3.63) is 53.9 Å². The van der Waals surface area contributed by atoms with E-state index in [1.807, 2.05) is 6.07 Å². The molecule has 31 heavy (non-hydrogen) atoms. The fourth-order valence-electron chi connectivity index (χ4n) is 4.68. The first-order valence-electron chi connectivity index (χ1n) is 11.0. The van der Waals surface area contributed by atoms with Gasteiger partial charge in [-0.3, -0.25) is 0 Å². The Morgan fingerprint density at radius 1 is 1.06 bits per heavy atom. The van der Waals surface area contributed by atoms with Gasteiger partial charge in [0.15, 0.2) is 0 Å². The normalized spacial score (nSPS) is 17.8. The van der Waals surface area contributed by atoms with E-state index in [0.717, 1.165) is 42.8 Å². The van der Waals surface area contributed by atoms with E-state index < -0.39 is 10.0 Å². The van der Waals surface area contributed by atoms with Crippen LogP contribution in [-0.4, -0.2) is 55.1 Å². The van der Waals surface area contributed by atoms with Gasteiger partial charge < -0.3 is 14.2 Å². The molecule has 0 spiro atoms. The Labute approximate surface area is 183 Å². The molecule has 0 radical (unpaired) electrons. The molecular weight excluding hydrogens is 412 g/mol. The van der Waals surface area contributed by atoms with Crippen molar-refractivity contribution in [3.8, 4) is 0 Å². The highest BCUT2D eigenvalue weighted by Gasteiger charge is 2.27. The van der Waals surface area contributed by atoms with Crippen molar-refractivity contribution in [2.45, 2.75) is 37.8 Å². The van der Waals surface area contributed by atoms with Gasteiger partial charge in [-0.25, -0.2) is 13.4 Å². The largest absolute Gasteiger partial charge is 0.379 e. The Hall–Kier alpha value is -2.42. The summed E-state index contributed by atoms with van der Waals surface area (Å²) in [5.41, 5.74) is 4.37. The monoisotopic (exact) mass is 440 g/mol. The molecule has 3 aromatic rings. The SMILES string of the molecule is CCn1c(CN2CCCc3ccccc32)nc2cc(S(=O)(=O)N3CCOCC3)ccc21. The van der Waals surface area contributed by atoms with Crippen LogP contribution in [0.25, 0.3) is 11.0 Å². The maximum atomic E-state index is 13.1. The lowest BCUT2D eigenvalue weighted by Gasteiger charge is -2.31. The van der Waals surface area contributed by atoms with E-state index in [1.165, 1.54) is 15.6 Å². The molecule has 1 aromatic heterocycles. The molecule has 0 saturated carbocycles. The van der Waals surface area contributed by atoms with Crippen LogP contribution in [0.5, 0.6) is 0 Å². The van der Waals surface area contributed by atoms with E-state index in [9.17, 15) is 8.42 Å². The predicted octanol–water partition coefficient (Wildman–Crippen LogP) is 3.03. The highest BCUT2D eigenvalue weighted by Crippen LogP contribution is 2.29. The van der Waals surface area contributed by atoms with Crippen LogP contribution in [0.2, 0.25) is 0 Å². The van der Waals surface area contributed by atoms with Crippen molar-refractivity contribution in [2.24, 2.45) is 0 Å². The third kappa shape index (κ3) is 3.73. The molecule has 2 aliphatic rings. The Balaban J connectivity index is 1.49. The Bertz CT molecular complexity index is 1200. The molecule has 5 rings (SSSR count). The number of benzene rings is 2. The molecule has 8 heteroatoms. The second-order valence-electron chi connectivity index (χ2n) is 8.09. The topological polar surface area (TPSA) is 67.7 Å². The van der Waals surface area contributed by atoms with Gasteiger partial charge in [0, 0.05) is 31.9 Å². The number of aryl methyl sites for hydroxylation is 2. The molecule has 2 aromatic carbocycles.